The second-order valence-corrected chi connectivity index (χ2v) is 8.79. The summed E-state index contributed by atoms with van der Waals surface area (Å²) in [5, 5.41) is 4.67. The molecule has 1 aromatic carbocycles. The minimum Gasteiger partial charge on any atom is -0.309 e. The predicted molar refractivity (Wildman–Crippen MR) is 89.0 cm³/mol. The number of halogens is 2. The lowest BCUT2D eigenvalue weighted by Gasteiger charge is -2.43. The first kappa shape index (κ1) is 14.9. The average molecular weight is 357 g/mol. The van der Waals surface area contributed by atoms with Crippen LogP contribution in [0.15, 0.2) is 22.7 Å². The Morgan fingerprint density at radius 3 is 2.70 bits per heavy atom. The minimum absolute atomic E-state index is 0.398. The Morgan fingerprint density at radius 1 is 1.35 bits per heavy atom. The van der Waals surface area contributed by atoms with E-state index in [9.17, 15) is 0 Å². The fourth-order valence-corrected chi connectivity index (χ4v) is 5.43. The zero-order valence-corrected chi connectivity index (χ0v) is 14.8. The third kappa shape index (κ3) is 2.34. The van der Waals surface area contributed by atoms with E-state index in [0.29, 0.717) is 16.9 Å². The van der Waals surface area contributed by atoms with E-state index in [1.807, 2.05) is 6.07 Å². The molecule has 20 heavy (non-hydrogen) atoms. The van der Waals surface area contributed by atoms with Gasteiger partial charge in [-0.25, -0.2) is 0 Å². The van der Waals surface area contributed by atoms with Crippen molar-refractivity contribution in [1.82, 2.24) is 5.32 Å². The molecule has 1 nitrogen and oxygen atoms in total. The molecule has 2 aliphatic rings. The van der Waals surface area contributed by atoms with E-state index in [4.69, 9.17) is 11.6 Å². The molecular formula is C17H23BrClN. The largest absolute Gasteiger partial charge is 0.309 e. The lowest BCUT2D eigenvalue weighted by molar-refractivity contribution is 0.108. The standard InChI is InChI=1S/C17H23BrClN/c1-16(2)12-6-7-17(3,9-12)15(16)20-10-11-4-5-13(18)8-14(11)19/h4-5,8,12,15,20H,6-7,9-10H2,1-3H3. The molecule has 0 spiro atoms. The van der Waals surface area contributed by atoms with E-state index in [-0.39, 0.29) is 0 Å². The summed E-state index contributed by atoms with van der Waals surface area (Å²) in [5.41, 5.74) is 2.06. The van der Waals surface area contributed by atoms with Crippen LogP contribution < -0.4 is 5.32 Å². The Balaban J connectivity index is 1.75. The van der Waals surface area contributed by atoms with Gasteiger partial charge in [0.2, 0.25) is 0 Å². The molecule has 3 heteroatoms. The molecule has 0 aliphatic heterocycles. The van der Waals surface area contributed by atoms with Crippen LogP contribution >= 0.6 is 27.5 Å². The summed E-state index contributed by atoms with van der Waals surface area (Å²) < 4.78 is 1.04. The second-order valence-electron chi connectivity index (χ2n) is 7.46. The van der Waals surface area contributed by atoms with E-state index in [2.05, 4.69) is 54.2 Å². The minimum atomic E-state index is 0.398. The van der Waals surface area contributed by atoms with E-state index in [0.717, 1.165) is 22.0 Å². The van der Waals surface area contributed by atoms with Gasteiger partial charge in [0, 0.05) is 22.1 Å². The Labute approximate surface area is 135 Å². The van der Waals surface area contributed by atoms with Crippen molar-refractivity contribution in [3.8, 4) is 0 Å². The molecule has 3 rings (SSSR count). The number of benzene rings is 1. The maximum Gasteiger partial charge on any atom is 0.0462 e. The van der Waals surface area contributed by atoms with Crippen molar-refractivity contribution in [1.29, 1.82) is 0 Å². The van der Waals surface area contributed by atoms with Gasteiger partial charge in [0.05, 0.1) is 0 Å². The first-order chi connectivity index (χ1) is 9.33. The van der Waals surface area contributed by atoms with Crippen LogP contribution in [0.4, 0.5) is 0 Å². The summed E-state index contributed by atoms with van der Waals surface area (Å²) in [6.45, 7) is 8.19. The zero-order valence-electron chi connectivity index (χ0n) is 12.5. The third-order valence-electron chi connectivity index (χ3n) is 5.78. The van der Waals surface area contributed by atoms with Crippen LogP contribution in [0.25, 0.3) is 0 Å². The Hall–Kier alpha value is -0.0500. The highest BCUT2D eigenvalue weighted by atomic mass is 79.9. The van der Waals surface area contributed by atoms with Crippen LogP contribution in [0.1, 0.15) is 45.6 Å². The highest BCUT2D eigenvalue weighted by molar-refractivity contribution is 9.10. The molecule has 2 fully saturated rings. The molecule has 1 N–H and O–H groups in total. The van der Waals surface area contributed by atoms with Gasteiger partial charge in [0.25, 0.3) is 0 Å². The molecule has 0 radical (unpaired) electrons. The molecule has 2 aliphatic carbocycles. The van der Waals surface area contributed by atoms with Crippen LogP contribution in [0.2, 0.25) is 5.02 Å². The van der Waals surface area contributed by atoms with Gasteiger partial charge >= 0.3 is 0 Å². The van der Waals surface area contributed by atoms with Crippen molar-refractivity contribution >= 4 is 27.5 Å². The third-order valence-corrected chi connectivity index (χ3v) is 6.63. The molecule has 0 saturated heterocycles. The van der Waals surface area contributed by atoms with Crippen molar-refractivity contribution in [3.63, 3.8) is 0 Å². The van der Waals surface area contributed by atoms with Gasteiger partial charge in [0.1, 0.15) is 0 Å². The number of hydrogen-bond acceptors (Lipinski definition) is 1. The molecule has 2 bridgehead atoms. The lowest BCUT2D eigenvalue weighted by Crippen LogP contribution is -2.49. The van der Waals surface area contributed by atoms with Gasteiger partial charge in [-0.2, -0.15) is 0 Å². The van der Waals surface area contributed by atoms with Crippen molar-refractivity contribution in [2.45, 2.75) is 52.6 Å². The quantitative estimate of drug-likeness (QED) is 0.764. The first-order valence-electron chi connectivity index (χ1n) is 7.50. The van der Waals surface area contributed by atoms with Crippen LogP contribution in [-0.2, 0) is 6.54 Å². The van der Waals surface area contributed by atoms with E-state index < -0.39 is 0 Å². The normalized spacial score (nSPS) is 34.6. The summed E-state index contributed by atoms with van der Waals surface area (Å²) in [5.74, 6) is 0.880. The average Bonchev–Trinajstić information content (AvgIpc) is 2.82. The zero-order chi connectivity index (χ0) is 14.5. The molecule has 2 saturated carbocycles. The fourth-order valence-electron chi connectivity index (χ4n) is 4.69. The highest BCUT2D eigenvalue weighted by Crippen LogP contribution is 2.62. The highest BCUT2D eigenvalue weighted by Gasteiger charge is 2.58. The molecule has 110 valence electrons. The molecule has 3 atom stereocenters. The first-order valence-corrected chi connectivity index (χ1v) is 8.67. The monoisotopic (exact) mass is 355 g/mol. The van der Waals surface area contributed by atoms with Crippen molar-refractivity contribution in [2.24, 2.45) is 16.7 Å². The predicted octanol–water partition coefficient (Wildman–Crippen LogP) is 5.41. The summed E-state index contributed by atoms with van der Waals surface area (Å²) in [4.78, 5) is 0. The maximum absolute atomic E-state index is 6.33. The van der Waals surface area contributed by atoms with Gasteiger partial charge in [-0.3, -0.25) is 0 Å². The second kappa shape index (κ2) is 5.00. The van der Waals surface area contributed by atoms with Crippen LogP contribution in [0.3, 0.4) is 0 Å². The van der Waals surface area contributed by atoms with Crippen LogP contribution in [0.5, 0.6) is 0 Å². The topological polar surface area (TPSA) is 12.0 Å². The van der Waals surface area contributed by atoms with Crippen molar-refractivity contribution in [2.75, 3.05) is 0 Å². The summed E-state index contributed by atoms with van der Waals surface area (Å²) in [6.07, 6.45) is 4.15. The van der Waals surface area contributed by atoms with Crippen LogP contribution in [0, 0.1) is 16.7 Å². The van der Waals surface area contributed by atoms with Crippen molar-refractivity contribution in [3.05, 3.63) is 33.3 Å². The molecule has 1 aromatic rings. The Kier molecular flexibility index (Phi) is 3.72. The molecule has 0 heterocycles. The molecular weight excluding hydrogens is 334 g/mol. The number of nitrogens with one attached hydrogen (secondary N) is 1. The van der Waals surface area contributed by atoms with Crippen molar-refractivity contribution < 1.29 is 0 Å². The van der Waals surface area contributed by atoms with Gasteiger partial charge < -0.3 is 5.32 Å². The summed E-state index contributed by atoms with van der Waals surface area (Å²) >= 11 is 9.79. The number of fused-ring (bicyclic) bond motifs is 2. The Bertz CT molecular complexity index is 523. The molecule has 3 unspecified atom stereocenters. The van der Waals surface area contributed by atoms with Crippen LogP contribution in [-0.4, -0.2) is 6.04 Å². The SMILES string of the molecule is CC12CCC(C1)C(C)(C)C2NCc1ccc(Br)cc1Cl. The van der Waals surface area contributed by atoms with E-state index in [1.54, 1.807) is 0 Å². The fraction of sp³-hybridized carbons (Fsp3) is 0.647. The molecule has 0 amide bonds. The van der Waals surface area contributed by atoms with E-state index in [1.165, 1.54) is 24.8 Å². The Morgan fingerprint density at radius 2 is 2.10 bits per heavy atom. The molecule has 0 aromatic heterocycles. The number of hydrogen-bond donors (Lipinski definition) is 1. The van der Waals surface area contributed by atoms with Gasteiger partial charge in [-0.1, -0.05) is 54.4 Å². The maximum atomic E-state index is 6.33. The van der Waals surface area contributed by atoms with Gasteiger partial charge in [-0.05, 0) is 53.7 Å². The number of rotatable bonds is 3. The smallest absolute Gasteiger partial charge is 0.0462 e. The van der Waals surface area contributed by atoms with Gasteiger partial charge in [0.15, 0.2) is 0 Å². The lowest BCUT2D eigenvalue weighted by atomic mass is 9.68. The summed E-state index contributed by atoms with van der Waals surface area (Å²) in [6, 6.07) is 6.75. The van der Waals surface area contributed by atoms with Gasteiger partial charge in [-0.15, -0.1) is 0 Å². The summed E-state index contributed by atoms with van der Waals surface area (Å²) in [7, 11) is 0. The van der Waals surface area contributed by atoms with E-state index >= 15 is 0 Å².